The van der Waals surface area contributed by atoms with Gasteiger partial charge in [0, 0.05) is 25.4 Å². The van der Waals surface area contributed by atoms with E-state index in [2.05, 4.69) is 5.32 Å². The fourth-order valence-corrected chi connectivity index (χ4v) is 4.75. The summed E-state index contributed by atoms with van der Waals surface area (Å²) in [6.07, 6.45) is 0.342. The number of ether oxygens (including phenoxy) is 1. The molecule has 25 heavy (non-hydrogen) atoms. The van der Waals surface area contributed by atoms with Gasteiger partial charge in [-0.15, -0.1) is 0 Å². The third-order valence-electron chi connectivity index (χ3n) is 4.12. The largest absolute Gasteiger partial charge is 0.383 e. The van der Waals surface area contributed by atoms with Crippen LogP contribution in [0.25, 0.3) is 0 Å². The molecule has 0 aliphatic carbocycles. The van der Waals surface area contributed by atoms with Crippen LogP contribution < -0.4 is 5.32 Å². The third kappa shape index (κ3) is 5.27. The molecule has 0 bridgehead atoms. The summed E-state index contributed by atoms with van der Waals surface area (Å²) in [4.78, 5) is 26.3. The lowest BCUT2D eigenvalue weighted by atomic mass is 10.1. The van der Waals surface area contributed by atoms with Gasteiger partial charge in [-0.05, 0) is 43.5 Å². The number of hydrogen-bond donors (Lipinski definition) is 1. The van der Waals surface area contributed by atoms with E-state index in [1.807, 2.05) is 19.9 Å². The number of aryl methyl sites for hydroxylation is 2. The van der Waals surface area contributed by atoms with Crippen LogP contribution in [0.1, 0.15) is 17.5 Å². The highest BCUT2D eigenvalue weighted by Gasteiger charge is 2.36. The summed E-state index contributed by atoms with van der Waals surface area (Å²) in [5.74, 6) is -1.59. The van der Waals surface area contributed by atoms with E-state index in [0.717, 1.165) is 11.1 Å². The Labute approximate surface area is 148 Å². The average Bonchev–Trinajstić information content (AvgIpc) is 2.86. The van der Waals surface area contributed by atoms with Crippen molar-refractivity contribution in [2.75, 3.05) is 37.1 Å². The quantitative estimate of drug-likeness (QED) is 0.780. The predicted octanol–water partition coefficient (Wildman–Crippen LogP) is 0.904. The zero-order chi connectivity index (χ0) is 18.6. The number of nitrogens with one attached hydrogen (secondary N) is 1. The van der Waals surface area contributed by atoms with Crippen LogP contribution >= 0.6 is 0 Å². The molecule has 0 saturated carbocycles. The lowest BCUT2D eigenvalue weighted by Crippen LogP contribution is -2.47. The molecule has 1 fully saturated rings. The Morgan fingerprint density at radius 1 is 1.24 bits per heavy atom. The molecule has 2 amide bonds. The first-order valence-electron chi connectivity index (χ1n) is 8.11. The van der Waals surface area contributed by atoms with Gasteiger partial charge in [0.1, 0.15) is 0 Å². The molecule has 1 heterocycles. The number of sulfone groups is 1. The second-order valence-corrected chi connectivity index (χ2v) is 8.61. The minimum absolute atomic E-state index is 0.0348. The minimum atomic E-state index is -3.16. The topological polar surface area (TPSA) is 92.8 Å². The van der Waals surface area contributed by atoms with Gasteiger partial charge in [-0.25, -0.2) is 8.42 Å². The second-order valence-electron chi connectivity index (χ2n) is 6.38. The van der Waals surface area contributed by atoms with Crippen LogP contribution in [0.4, 0.5) is 5.69 Å². The number of methoxy groups -OCH3 is 1. The first-order valence-corrected chi connectivity index (χ1v) is 9.93. The van der Waals surface area contributed by atoms with Gasteiger partial charge < -0.3 is 15.0 Å². The van der Waals surface area contributed by atoms with Crippen molar-refractivity contribution in [1.29, 1.82) is 0 Å². The van der Waals surface area contributed by atoms with Gasteiger partial charge in [0.25, 0.3) is 0 Å². The summed E-state index contributed by atoms with van der Waals surface area (Å²) in [5.41, 5.74) is 2.49. The molecule has 0 spiro atoms. The smallest absolute Gasteiger partial charge is 0.313 e. The molecule has 0 aromatic heterocycles. The fraction of sp³-hybridized carbons (Fsp3) is 0.529. The molecular weight excluding hydrogens is 344 g/mol. The van der Waals surface area contributed by atoms with Crippen molar-refractivity contribution >= 4 is 27.3 Å². The number of amides is 2. The van der Waals surface area contributed by atoms with Gasteiger partial charge in [0.2, 0.25) is 0 Å². The van der Waals surface area contributed by atoms with Crippen LogP contribution in [0, 0.1) is 13.8 Å². The van der Waals surface area contributed by atoms with Gasteiger partial charge >= 0.3 is 11.8 Å². The molecule has 1 unspecified atom stereocenters. The van der Waals surface area contributed by atoms with E-state index in [1.54, 1.807) is 12.1 Å². The molecule has 0 radical (unpaired) electrons. The zero-order valence-corrected chi connectivity index (χ0v) is 15.6. The number of rotatable bonds is 5. The molecule has 7 nitrogen and oxygen atoms in total. The van der Waals surface area contributed by atoms with Crippen molar-refractivity contribution in [2.45, 2.75) is 26.3 Å². The Balaban J connectivity index is 2.13. The highest BCUT2D eigenvalue weighted by Crippen LogP contribution is 2.19. The first-order chi connectivity index (χ1) is 11.7. The van der Waals surface area contributed by atoms with Crippen molar-refractivity contribution in [3.8, 4) is 0 Å². The van der Waals surface area contributed by atoms with Gasteiger partial charge in [0.15, 0.2) is 9.84 Å². The third-order valence-corrected chi connectivity index (χ3v) is 5.87. The van der Waals surface area contributed by atoms with E-state index in [4.69, 9.17) is 4.74 Å². The highest BCUT2D eigenvalue weighted by molar-refractivity contribution is 7.91. The summed E-state index contributed by atoms with van der Waals surface area (Å²) < 4.78 is 28.4. The van der Waals surface area contributed by atoms with E-state index < -0.39 is 27.7 Å². The normalized spacial score (nSPS) is 18.8. The van der Waals surface area contributed by atoms with E-state index in [-0.39, 0.29) is 24.7 Å². The lowest BCUT2D eigenvalue weighted by Gasteiger charge is -2.27. The number of nitrogens with zero attached hydrogens (tertiary/aromatic N) is 1. The summed E-state index contributed by atoms with van der Waals surface area (Å²) in [5, 5.41) is 2.60. The number of hydrogen-bond acceptors (Lipinski definition) is 5. The number of carbonyl (C=O) groups is 2. The van der Waals surface area contributed by atoms with Crippen molar-refractivity contribution in [2.24, 2.45) is 0 Å². The average molecular weight is 368 g/mol. The van der Waals surface area contributed by atoms with E-state index in [9.17, 15) is 18.0 Å². The van der Waals surface area contributed by atoms with Crippen LogP contribution in [-0.2, 0) is 24.2 Å². The molecule has 1 saturated heterocycles. The van der Waals surface area contributed by atoms with Gasteiger partial charge in [0.05, 0.1) is 18.1 Å². The van der Waals surface area contributed by atoms with Crippen LogP contribution in [0.2, 0.25) is 0 Å². The molecule has 1 aliphatic rings. The molecule has 1 aliphatic heterocycles. The SMILES string of the molecule is COCCN(C(=O)C(=O)Nc1cc(C)cc(C)c1)C1CCS(=O)(=O)C1. The van der Waals surface area contributed by atoms with Gasteiger partial charge in [-0.1, -0.05) is 6.07 Å². The van der Waals surface area contributed by atoms with E-state index in [0.29, 0.717) is 12.1 Å². The number of anilines is 1. The number of carbonyl (C=O) groups excluding carboxylic acids is 2. The molecule has 2 rings (SSSR count). The molecule has 1 aromatic carbocycles. The molecular formula is C17H24N2O5S. The Hall–Kier alpha value is -1.93. The first kappa shape index (κ1) is 19.4. The molecule has 1 aromatic rings. The maximum Gasteiger partial charge on any atom is 0.313 e. The Kier molecular flexibility index (Phi) is 6.18. The zero-order valence-electron chi connectivity index (χ0n) is 14.7. The summed E-state index contributed by atoms with van der Waals surface area (Å²) in [6.45, 7) is 4.21. The standard InChI is InChI=1S/C17H24N2O5S/c1-12-8-13(2)10-14(9-12)18-16(20)17(21)19(5-6-24-3)15-4-7-25(22,23)11-15/h8-10,15H,4-7,11H2,1-3H3,(H,18,20). The monoisotopic (exact) mass is 368 g/mol. The van der Waals surface area contributed by atoms with Crippen LogP contribution in [-0.4, -0.2) is 62.9 Å². The van der Waals surface area contributed by atoms with Crippen LogP contribution in [0.5, 0.6) is 0 Å². The van der Waals surface area contributed by atoms with E-state index in [1.165, 1.54) is 12.0 Å². The Morgan fingerprint density at radius 2 is 1.88 bits per heavy atom. The number of benzene rings is 1. The molecule has 1 atom stereocenters. The Bertz CT molecular complexity index is 740. The van der Waals surface area contributed by atoms with Gasteiger partial charge in [-0.2, -0.15) is 0 Å². The van der Waals surface area contributed by atoms with Crippen molar-refractivity contribution in [3.05, 3.63) is 29.3 Å². The van der Waals surface area contributed by atoms with Crippen LogP contribution in [0.3, 0.4) is 0 Å². The Morgan fingerprint density at radius 3 is 2.40 bits per heavy atom. The predicted molar refractivity (Wildman–Crippen MR) is 95.2 cm³/mol. The maximum atomic E-state index is 12.6. The lowest BCUT2D eigenvalue weighted by molar-refractivity contribution is -0.144. The molecule has 138 valence electrons. The second kappa shape index (κ2) is 7.97. The van der Waals surface area contributed by atoms with Crippen LogP contribution in [0.15, 0.2) is 18.2 Å². The highest BCUT2D eigenvalue weighted by atomic mass is 32.2. The van der Waals surface area contributed by atoms with Gasteiger partial charge in [-0.3, -0.25) is 9.59 Å². The molecule has 8 heteroatoms. The van der Waals surface area contributed by atoms with E-state index >= 15 is 0 Å². The minimum Gasteiger partial charge on any atom is -0.383 e. The maximum absolute atomic E-state index is 12.6. The summed E-state index contributed by atoms with van der Waals surface area (Å²) >= 11 is 0. The summed E-state index contributed by atoms with van der Waals surface area (Å²) in [7, 11) is -1.67. The van der Waals surface area contributed by atoms with Crippen molar-refractivity contribution < 1.29 is 22.7 Å². The van der Waals surface area contributed by atoms with Crippen molar-refractivity contribution in [3.63, 3.8) is 0 Å². The molecule has 1 N–H and O–H groups in total. The summed E-state index contributed by atoms with van der Waals surface area (Å²) in [6, 6.07) is 5.03. The fourth-order valence-electron chi connectivity index (χ4n) is 3.02. The van der Waals surface area contributed by atoms with Crippen molar-refractivity contribution in [1.82, 2.24) is 4.90 Å².